The molecule has 5 nitrogen and oxygen atoms in total. The predicted octanol–water partition coefficient (Wildman–Crippen LogP) is 5.39. The Hall–Kier alpha value is -3.60. The van der Waals surface area contributed by atoms with E-state index in [2.05, 4.69) is 24.3 Å². The molecule has 3 aromatic rings. The Morgan fingerprint density at radius 2 is 1.41 bits per heavy atom. The summed E-state index contributed by atoms with van der Waals surface area (Å²) in [7, 11) is 0. The van der Waals surface area contributed by atoms with Crippen molar-refractivity contribution in [1.82, 2.24) is 4.90 Å². The molecule has 0 spiro atoms. The quantitative estimate of drug-likeness (QED) is 0.473. The minimum Gasteiger partial charge on any atom is -0.459 e. The number of ether oxygens (including phenoxy) is 2. The van der Waals surface area contributed by atoms with Crippen LogP contribution in [0.1, 0.15) is 36.5 Å². The van der Waals surface area contributed by atoms with Crippen LogP contribution in [0.2, 0.25) is 0 Å². The number of rotatable bonds is 7. The van der Waals surface area contributed by atoms with Crippen molar-refractivity contribution in [2.75, 3.05) is 13.2 Å². The summed E-state index contributed by atoms with van der Waals surface area (Å²) in [6, 6.07) is 25.1. The van der Waals surface area contributed by atoms with Crippen molar-refractivity contribution in [2.45, 2.75) is 32.4 Å². The number of hydrogen-bond donors (Lipinski definition) is 0. The molecule has 0 unspecified atom stereocenters. The van der Waals surface area contributed by atoms with Gasteiger partial charge in [0, 0.05) is 12.5 Å². The van der Waals surface area contributed by atoms with Crippen molar-refractivity contribution in [3.63, 3.8) is 0 Å². The van der Waals surface area contributed by atoms with Gasteiger partial charge in [0.25, 0.3) is 0 Å². The Bertz CT molecular complexity index is 1050. The summed E-state index contributed by atoms with van der Waals surface area (Å²) >= 11 is 0. The molecule has 1 atom stereocenters. The van der Waals surface area contributed by atoms with Crippen molar-refractivity contribution in [1.29, 1.82) is 0 Å². The average molecular weight is 430 g/mol. The number of likely N-dealkylation sites (N-methyl/N-ethyl adjacent to an activating group) is 1. The van der Waals surface area contributed by atoms with E-state index in [-0.39, 0.29) is 19.1 Å². The molecule has 5 heteroatoms. The van der Waals surface area contributed by atoms with Crippen molar-refractivity contribution in [3.8, 4) is 11.1 Å². The Kier molecular flexibility index (Phi) is 6.55. The molecule has 0 saturated heterocycles. The zero-order valence-corrected chi connectivity index (χ0v) is 18.4. The first-order chi connectivity index (χ1) is 15.6. The van der Waals surface area contributed by atoms with Gasteiger partial charge in [-0.1, -0.05) is 78.9 Å². The van der Waals surface area contributed by atoms with E-state index in [1.807, 2.05) is 61.5 Å². The summed E-state index contributed by atoms with van der Waals surface area (Å²) in [5, 5.41) is 0. The maximum atomic E-state index is 12.9. The van der Waals surface area contributed by atoms with Crippen molar-refractivity contribution < 1.29 is 19.1 Å². The molecule has 0 aliphatic heterocycles. The highest BCUT2D eigenvalue weighted by molar-refractivity contribution is 5.81. The van der Waals surface area contributed by atoms with E-state index in [4.69, 9.17) is 9.47 Å². The third-order valence-electron chi connectivity index (χ3n) is 5.94. The van der Waals surface area contributed by atoms with Gasteiger partial charge in [-0.2, -0.15) is 0 Å². The topological polar surface area (TPSA) is 55.8 Å². The van der Waals surface area contributed by atoms with Gasteiger partial charge in [-0.15, -0.1) is 0 Å². The summed E-state index contributed by atoms with van der Waals surface area (Å²) in [5.74, 6) is -0.477. The molecular formula is C27H27NO4. The molecule has 0 fully saturated rings. The summed E-state index contributed by atoms with van der Waals surface area (Å²) in [4.78, 5) is 26.8. The summed E-state index contributed by atoms with van der Waals surface area (Å²) in [6.45, 7) is 4.22. The largest absolute Gasteiger partial charge is 0.459 e. The maximum absolute atomic E-state index is 12.9. The van der Waals surface area contributed by atoms with E-state index < -0.39 is 18.1 Å². The van der Waals surface area contributed by atoms with Gasteiger partial charge in [0.2, 0.25) is 0 Å². The second kappa shape index (κ2) is 9.69. The summed E-state index contributed by atoms with van der Waals surface area (Å²) in [5.41, 5.74) is 5.56. The molecular weight excluding hydrogens is 402 g/mol. The van der Waals surface area contributed by atoms with Crippen LogP contribution in [0.4, 0.5) is 4.79 Å². The normalized spacial score (nSPS) is 13.1. The zero-order chi connectivity index (χ0) is 22.5. The Morgan fingerprint density at radius 1 is 0.844 bits per heavy atom. The fraction of sp³-hybridized carbons (Fsp3) is 0.259. The molecule has 1 amide bonds. The van der Waals surface area contributed by atoms with Crippen LogP contribution in [0.5, 0.6) is 0 Å². The van der Waals surface area contributed by atoms with E-state index in [1.165, 1.54) is 16.0 Å². The number of amides is 1. The minimum atomic E-state index is -0.737. The van der Waals surface area contributed by atoms with Crippen molar-refractivity contribution >= 4 is 12.1 Å². The molecule has 0 N–H and O–H groups in total. The van der Waals surface area contributed by atoms with E-state index in [0.717, 1.165) is 16.7 Å². The molecule has 0 bridgehead atoms. The highest BCUT2D eigenvalue weighted by Crippen LogP contribution is 2.44. The number of nitrogens with zero attached hydrogens (tertiary/aromatic N) is 1. The van der Waals surface area contributed by atoms with E-state index in [0.29, 0.717) is 6.54 Å². The standard InChI is InChI=1S/C27H27NO4/c1-3-28(19(2)26(29)31-17-20-11-5-4-6-12-20)27(30)32-18-25-23-15-9-7-13-21(23)22-14-8-10-16-24(22)25/h4-16,19,25H,3,17-18H2,1-2H3/t19-/m0/s1. The molecule has 3 aromatic carbocycles. The smallest absolute Gasteiger partial charge is 0.410 e. The Balaban J connectivity index is 1.40. The van der Waals surface area contributed by atoms with Crippen molar-refractivity contribution in [2.24, 2.45) is 0 Å². The van der Waals surface area contributed by atoms with Crippen molar-refractivity contribution in [3.05, 3.63) is 95.6 Å². The Labute approximate surface area is 188 Å². The van der Waals surface area contributed by atoms with Crippen LogP contribution in [0.15, 0.2) is 78.9 Å². The summed E-state index contributed by atoms with van der Waals surface area (Å²) in [6.07, 6.45) is -0.515. The third kappa shape index (κ3) is 4.37. The van der Waals surface area contributed by atoms with Crippen LogP contribution in [-0.4, -0.2) is 36.2 Å². The lowest BCUT2D eigenvalue weighted by atomic mass is 9.98. The number of hydrogen-bond acceptors (Lipinski definition) is 4. The van der Waals surface area contributed by atoms with Crippen LogP contribution in [0.3, 0.4) is 0 Å². The first-order valence-electron chi connectivity index (χ1n) is 10.9. The number of fused-ring (bicyclic) bond motifs is 3. The van der Waals surface area contributed by atoms with Gasteiger partial charge in [-0.3, -0.25) is 4.90 Å². The van der Waals surface area contributed by atoms with Gasteiger partial charge in [0.15, 0.2) is 0 Å². The average Bonchev–Trinajstić information content (AvgIpc) is 3.16. The SMILES string of the molecule is CCN(C(=O)OCC1c2ccccc2-c2ccccc21)[C@@H](C)C(=O)OCc1ccccc1. The highest BCUT2D eigenvalue weighted by Gasteiger charge is 2.31. The van der Waals surface area contributed by atoms with Crippen LogP contribution >= 0.6 is 0 Å². The second-order valence-corrected chi connectivity index (χ2v) is 7.86. The molecule has 0 saturated carbocycles. The zero-order valence-electron chi connectivity index (χ0n) is 18.4. The van der Waals surface area contributed by atoms with Gasteiger partial charge in [-0.05, 0) is 41.7 Å². The van der Waals surface area contributed by atoms with Gasteiger partial charge in [-0.25, -0.2) is 9.59 Å². The van der Waals surface area contributed by atoms with Crippen LogP contribution in [0, 0.1) is 0 Å². The molecule has 0 aromatic heterocycles. The first-order valence-corrected chi connectivity index (χ1v) is 10.9. The lowest BCUT2D eigenvalue weighted by Gasteiger charge is -2.26. The summed E-state index contributed by atoms with van der Waals surface area (Å²) < 4.78 is 11.1. The maximum Gasteiger partial charge on any atom is 0.410 e. The predicted molar refractivity (Wildman–Crippen MR) is 123 cm³/mol. The van der Waals surface area contributed by atoms with E-state index >= 15 is 0 Å². The number of esters is 1. The molecule has 1 aliphatic rings. The monoisotopic (exact) mass is 429 g/mol. The van der Waals surface area contributed by atoms with Crippen LogP contribution in [-0.2, 0) is 20.9 Å². The third-order valence-corrected chi connectivity index (χ3v) is 5.94. The second-order valence-electron chi connectivity index (χ2n) is 7.86. The van der Waals surface area contributed by atoms with E-state index in [9.17, 15) is 9.59 Å². The number of benzene rings is 3. The van der Waals surface area contributed by atoms with Gasteiger partial charge in [0.05, 0.1) is 0 Å². The molecule has 1 aliphatic carbocycles. The lowest BCUT2D eigenvalue weighted by molar-refractivity contribution is -0.150. The number of carbonyl (C=O) groups excluding carboxylic acids is 2. The van der Waals surface area contributed by atoms with E-state index in [1.54, 1.807) is 6.92 Å². The van der Waals surface area contributed by atoms with Crippen LogP contribution in [0.25, 0.3) is 11.1 Å². The number of carbonyl (C=O) groups is 2. The van der Waals surface area contributed by atoms with Gasteiger partial charge in [0.1, 0.15) is 19.3 Å². The molecule has 32 heavy (non-hydrogen) atoms. The molecule has 0 heterocycles. The lowest BCUT2D eigenvalue weighted by Crippen LogP contribution is -2.44. The molecule has 164 valence electrons. The molecule has 0 radical (unpaired) electrons. The molecule has 4 rings (SSSR count). The van der Waals surface area contributed by atoms with Gasteiger partial charge < -0.3 is 9.47 Å². The highest BCUT2D eigenvalue weighted by atomic mass is 16.6. The first kappa shape index (κ1) is 21.6. The fourth-order valence-corrected chi connectivity index (χ4v) is 4.21. The Morgan fingerprint density at radius 3 is 2.00 bits per heavy atom. The fourth-order valence-electron chi connectivity index (χ4n) is 4.21. The van der Waals surface area contributed by atoms with Crippen LogP contribution < -0.4 is 0 Å². The minimum absolute atomic E-state index is 0.0228. The van der Waals surface area contributed by atoms with Gasteiger partial charge >= 0.3 is 12.1 Å².